The van der Waals surface area contributed by atoms with Gasteiger partial charge in [0.2, 0.25) is 5.76 Å². The Morgan fingerprint density at radius 2 is 1.70 bits per heavy atom. The zero-order valence-corrected chi connectivity index (χ0v) is 13.4. The Morgan fingerprint density at radius 1 is 1.04 bits per heavy atom. The van der Waals surface area contributed by atoms with Crippen LogP contribution in [0.5, 0.6) is 0 Å². The number of rotatable bonds is 5. The van der Waals surface area contributed by atoms with Gasteiger partial charge in [-0.1, -0.05) is 12.1 Å². The highest BCUT2D eigenvalue weighted by atomic mass is 16.6. The lowest BCUT2D eigenvalue weighted by atomic mass is 10.0. The van der Waals surface area contributed by atoms with Gasteiger partial charge < -0.3 is 9.52 Å². The number of nitrogens with zero attached hydrogens (tertiary/aromatic N) is 2. The quantitative estimate of drug-likeness (QED) is 0.531. The van der Waals surface area contributed by atoms with Crippen LogP contribution in [0.15, 0.2) is 51.7 Å². The maximum absolute atomic E-state index is 12.6. The van der Waals surface area contributed by atoms with Crippen molar-refractivity contribution < 1.29 is 24.2 Å². The van der Waals surface area contributed by atoms with Gasteiger partial charge in [-0.2, -0.15) is 0 Å². The molecule has 0 fully saturated rings. The van der Waals surface area contributed by atoms with Crippen molar-refractivity contribution in [2.45, 2.75) is 6.42 Å². The molecule has 2 aromatic carbocycles. The van der Waals surface area contributed by atoms with Gasteiger partial charge in [-0.05, 0) is 18.2 Å². The molecule has 0 spiro atoms. The van der Waals surface area contributed by atoms with Gasteiger partial charge in [0.05, 0.1) is 21.7 Å². The molecule has 10 nitrogen and oxygen atoms in total. The van der Waals surface area contributed by atoms with Crippen LogP contribution in [-0.2, 0) is 11.2 Å². The minimum atomic E-state index is -1.17. The molecule has 0 radical (unpaired) electrons. The molecule has 10 heteroatoms. The average molecular weight is 370 g/mol. The van der Waals surface area contributed by atoms with Crippen molar-refractivity contribution in [3.05, 3.63) is 78.5 Å². The molecule has 0 aliphatic heterocycles. The zero-order valence-electron chi connectivity index (χ0n) is 13.4. The number of nitro groups is 2. The largest absolute Gasteiger partial charge is 0.481 e. The first kappa shape index (κ1) is 17.7. The number of carbonyl (C=O) groups is 1. The lowest BCUT2D eigenvalue weighted by Crippen LogP contribution is -2.11. The summed E-state index contributed by atoms with van der Waals surface area (Å²) in [5.41, 5.74) is -1.82. The fourth-order valence-electron chi connectivity index (χ4n) is 2.66. The molecule has 3 aromatic rings. The predicted octanol–water partition coefficient (Wildman–Crippen LogP) is 2.90. The van der Waals surface area contributed by atoms with Gasteiger partial charge in [-0.25, -0.2) is 0 Å². The van der Waals surface area contributed by atoms with Gasteiger partial charge in [-0.15, -0.1) is 0 Å². The highest BCUT2D eigenvalue weighted by Crippen LogP contribution is 2.32. The lowest BCUT2D eigenvalue weighted by Gasteiger charge is -2.07. The Balaban J connectivity index is 2.34. The SMILES string of the molecule is O=C(O)Cc1cccc2c(=O)c([N+](=O)[O-])c(-c3ccc([N+](=O)[O-])cc3)oc12. The molecule has 1 heterocycles. The minimum Gasteiger partial charge on any atom is -0.481 e. The number of hydrogen-bond acceptors (Lipinski definition) is 7. The highest BCUT2D eigenvalue weighted by molar-refractivity contribution is 5.88. The fraction of sp³-hybridized carbons (Fsp3) is 0.0588. The Morgan fingerprint density at radius 3 is 2.26 bits per heavy atom. The number of non-ortho nitro benzene ring substituents is 1. The molecule has 136 valence electrons. The van der Waals surface area contributed by atoms with Crippen LogP contribution < -0.4 is 5.43 Å². The monoisotopic (exact) mass is 370 g/mol. The van der Waals surface area contributed by atoms with E-state index in [1.165, 1.54) is 30.3 Å². The molecule has 0 saturated carbocycles. The lowest BCUT2D eigenvalue weighted by molar-refractivity contribution is -0.386. The Bertz CT molecular complexity index is 1150. The Hall–Kier alpha value is -4.08. The van der Waals surface area contributed by atoms with Crippen LogP contribution >= 0.6 is 0 Å². The molecular formula is C17H10N2O8. The van der Waals surface area contributed by atoms with Crippen LogP contribution in [0.4, 0.5) is 11.4 Å². The smallest absolute Gasteiger partial charge is 0.359 e. The molecule has 0 aliphatic carbocycles. The summed E-state index contributed by atoms with van der Waals surface area (Å²) in [6.07, 6.45) is -0.447. The second kappa shape index (κ2) is 6.67. The predicted molar refractivity (Wildman–Crippen MR) is 92.6 cm³/mol. The summed E-state index contributed by atoms with van der Waals surface area (Å²) in [4.78, 5) is 44.3. The third-order valence-electron chi connectivity index (χ3n) is 3.84. The summed E-state index contributed by atoms with van der Waals surface area (Å²) >= 11 is 0. The highest BCUT2D eigenvalue weighted by Gasteiger charge is 2.27. The number of benzene rings is 2. The fourth-order valence-corrected chi connectivity index (χ4v) is 2.66. The molecule has 0 saturated heterocycles. The molecular weight excluding hydrogens is 360 g/mol. The first-order valence-electron chi connectivity index (χ1n) is 7.49. The summed E-state index contributed by atoms with van der Waals surface area (Å²) in [7, 11) is 0. The number of hydrogen-bond donors (Lipinski definition) is 1. The van der Waals surface area contributed by atoms with Gasteiger partial charge in [-0.3, -0.25) is 29.8 Å². The molecule has 3 rings (SSSR count). The maximum atomic E-state index is 12.6. The molecule has 0 amide bonds. The van der Waals surface area contributed by atoms with Crippen LogP contribution in [0.25, 0.3) is 22.3 Å². The standard InChI is InChI=1S/C17H10N2O8/c20-13(21)8-10-2-1-3-12-15(22)14(19(25)26)17(27-16(10)12)9-4-6-11(7-5-9)18(23)24/h1-7H,8H2,(H,20,21). The van der Waals surface area contributed by atoms with E-state index in [2.05, 4.69) is 0 Å². The van der Waals surface area contributed by atoms with Crippen LogP contribution in [0, 0.1) is 20.2 Å². The molecule has 1 aromatic heterocycles. The van der Waals surface area contributed by atoms with Gasteiger partial charge in [0.25, 0.3) is 11.1 Å². The van der Waals surface area contributed by atoms with Crippen molar-refractivity contribution in [3.63, 3.8) is 0 Å². The van der Waals surface area contributed by atoms with Crippen LogP contribution in [0.1, 0.15) is 5.56 Å². The van der Waals surface area contributed by atoms with Crippen LogP contribution in [0.2, 0.25) is 0 Å². The van der Waals surface area contributed by atoms with Crippen molar-refractivity contribution in [2.75, 3.05) is 0 Å². The second-order valence-electron chi connectivity index (χ2n) is 5.53. The molecule has 0 atom stereocenters. The summed E-state index contributed by atoms with van der Waals surface area (Å²) in [5, 5.41) is 31.1. The van der Waals surface area contributed by atoms with Crippen LogP contribution in [-0.4, -0.2) is 20.9 Å². The number of carboxylic acids is 1. The van der Waals surface area contributed by atoms with E-state index in [0.29, 0.717) is 0 Å². The van der Waals surface area contributed by atoms with E-state index in [1.54, 1.807) is 0 Å². The Kier molecular flexibility index (Phi) is 4.38. The number of fused-ring (bicyclic) bond motifs is 1. The maximum Gasteiger partial charge on any atom is 0.359 e. The topological polar surface area (TPSA) is 154 Å². The summed E-state index contributed by atoms with van der Waals surface area (Å²) in [6.45, 7) is 0. The summed E-state index contributed by atoms with van der Waals surface area (Å²) < 4.78 is 5.58. The second-order valence-corrected chi connectivity index (χ2v) is 5.53. The van der Waals surface area contributed by atoms with E-state index < -0.39 is 39.1 Å². The van der Waals surface area contributed by atoms with Crippen molar-refractivity contribution in [2.24, 2.45) is 0 Å². The van der Waals surface area contributed by atoms with Crippen molar-refractivity contribution in [1.29, 1.82) is 0 Å². The van der Waals surface area contributed by atoms with Crippen molar-refractivity contribution in [3.8, 4) is 11.3 Å². The van der Waals surface area contributed by atoms with E-state index in [1.807, 2.05) is 0 Å². The first-order valence-corrected chi connectivity index (χ1v) is 7.49. The van der Waals surface area contributed by atoms with Crippen molar-refractivity contribution >= 4 is 28.3 Å². The number of carboxylic acid groups (broad SMARTS) is 1. The third-order valence-corrected chi connectivity index (χ3v) is 3.84. The molecule has 0 unspecified atom stereocenters. The summed E-state index contributed by atoms with van der Waals surface area (Å²) in [6, 6.07) is 8.82. The van der Waals surface area contributed by atoms with E-state index in [0.717, 1.165) is 12.1 Å². The number of nitro benzene ring substituents is 1. The van der Waals surface area contributed by atoms with Gasteiger partial charge in [0.15, 0.2) is 0 Å². The molecule has 1 N–H and O–H groups in total. The number of aliphatic carboxylic acids is 1. The minimum absolute atomic E-state index is 0.0798. The third kappa shape index (κ3) is 3.23. The summed E-state index contributed by atoms with van der Waals surface area (Å²) in [5.74, 6) is -1.56. The molecule has 27 heavy (non-hydrogen) atoms. The van der Waals surface area contributed by atoms with Crippen molar-refractivity contribution in [1.82, 2.24) is 0 Å². The molecule has 0 bridgehead atoms. The van der Waals surface area contributed by atoms with Crippen LogP contribution in [0.3, 0.4) is 0 Å². The molecule has 0 aliphatic rings. The van der Waals surface area contributed by atoms with E-state index >= 15 is 0 Å². The van der Waals surface area contributed by atoms with Gasteiger partial charge in [0, 0.05) is 23.3 Å². The van der Waals surface area contributed by atoms with Gasteiger partial charge in [0.1, 0.15) is 5.58 Å². The first-order chi connectivity index (χ1) is 12.8. The van der Waals surface area contributed by atoms with E-state index in [9.17, 15) is 29.8 Å². The van der Waals surface area contributed by atoms with Gasteiger partial charge >= 0.3 is 11.7 Å². The Labute approximate surface area is 149 Å². The zero-order chi connectivity index (χ0) is 19.7. The normalized spacial score (nSPS) is 10.7. The number of para-hydroxylation sites is 1. The van der Waals surface area contributed by atoms with E-state index in [-0.39, 0.29) is 27.8 Å². The van der Waals surface area contributed by atoms with E-state index in [4.69, 9.17) is 9.52 Å². The average Bonchev–Trinajstić information content (AvgIpc) is 2.61.